The third-order valence-corrected chi connectivity index (χ3v) is 10.1. The van der Waals surface area contributed by atoms with E-state index in [-0.39, 0.29) is 11.5 Å². The minimum atomic E-state index is -5.49. The smallest absolute Gasteiger partial charge is 0.394 e. The van der Waals surface area contributed by atoms with Crippen molar-refractivity contribution in [3.63, 3.8) is 0 Å². The Balaban J connectivity index is 1.44. The van der Waals surface area contributed by atoms with Crippen LogP contribution in [0.15, 0.2) is 18.5 Å². The summed E-state index contributed by atoms with van der Waals surface area (Å²) in [5.74, 6) is 2.16. The van der Waals surface area contributed by atoms with Gasteiger partial charge in [-0.3, -0.25) is 4.52 Å². The first-order valence-corrected chi connectivity index (χ1v) is 15.9. The van der Waals surface area contributed by atoms with Gasteiger partial charge in [0, 0.05) is 0 Å². The van der Waals surface area contributed by atoms with Gasteiger partial charge in [-0.15, -0.1) is 6.42 Å². The molecular formula is C20H28N4O15P2S. The summed E-state index contributed by atoms with van der Waals surface area (Å²) in [6.45, 7) is -6.53. The van der Waals surface area contributed by atoms with Crippen molar-refractivity contribution in [2.75, 3.05) is 18.9 Å². The maximum Gasteiger partial charge on any atom is 0.481 e. The second kappa shape index (κ2) is 12.4. The van der Waals surface area contributed by atoms with Crippen LogP contribution in [0.3, 0.4) is 0 Å². The van der Waals surface area contributed by atoms with Crippen molar-refractivity contribution in [3.8, 4) is 12.3 Å². The third kappa shape index (κ3) is 6.39. The molecule has 19 nitrogen and oxygen atoms in total. The van der Waals surface area contributed by atoms with Gasteiger partial charge in [0.25, 0.3) is 0 Å². The Labute approximate surface area is 241 Å². The maximum atomic E-state index is 12.6. The van der Waals surface area contributed by atoms with Crippen molar-refractivity contribution >= 4 is 37.7 Å². The van der Waals surface area contributed by atoms with E-state index in [9.17, 15) is 45.0 Å². The number of nitrogens with zero attached hydrogens (tertiary/aromatic N) is 3. The Morgan fingerprint density at radius 2 is 1.90 bits per heavy atom. The highest BCUT2D eigenvalue weighted by atomic mass is 32.5. The van der Waals surface area contributed by atoms with Crippen LogP contribution in [0.5, 0.6) is 0 Å². The molecule has 11 N–H and O–H groups in total. The number of terminal acetylenes is 1. The Kier molecular flexibility index (Phi) is 9.77. The van der Waals surface area contributed by atoms with Gasteiger partial charge in [-0.1, -0.05) is 5.92 Å². The fraction of sp³-hybridized carbons (Fsp3) is 0.600. The molecule has 2 aromatic rings. The van der Waals surface area contributed by atoms with E-state index in [0.717, 1.165) is 6.33 Å². The number of aromatic nitrogens is 3. The van der Waals surface area contributed by atoms with Crippen molar-refractivity contribution in [1.29, 1.82) is 0 Å². The van der Waals surface area contributed by atoms with Crippen molar-refractivity contribution in [1.82, 2.24) is 14.6 Å². The largest absolute Gasteiger partial charge is 0.481 e. The number of hydrogen-bond acceptors (Lipinski definition) is 17. The third-order valence-electron chi connectivity index (χ3n) is 6.54. The summed E-state index contributed by atoms with van der Waals surface area (Å²) >= 11 is 4.73. The predicted molar refractivity (Wildman–Crippen MR) is 139 cm³/mol. The van der Waals surface area contributed by atoms with Crippen molar-refractivity contribution in [3.05, 3.63) is 24.2 Å². The Morgan fingerprint density at radius 3 is 2.55 bits per heavy atom. The number of nitrogen functional groups attached to an aromatic ring is 1. The summed E-state index contributed by atoms with van der Waals surface area (Å²) in [6.07, 6.45) is -10.0. The number of hydrogen-bond donors (Lipinski definition) is 10. The van der Waals surface area contributed by atoms with Crippen LogP contribution in [0.4, 0.5) is 5.82 Å². The summed E-state index contributed by atoms with van der Waals surface area (Å²) in [6, 6.07) is 2.98. The number of rotatable bonds is 10. The highest BCUT2D eigenvalue weighted by Crippen LogP contribution is 2.62. The fourth-order valence-electron chi connectivity index (χ4n) is 4.40. The zero-order valence-corrected chi connectivity index (χ0v) is 23.7. The topological polar surface area (TPSA) is 301 Å². The van der Waals surface area contributed by atoms with Gasteiger partial charge in [0.2, 0.25) is 0 Å². The predicted octanol–water partition coefficient (Wildman–Crippen LogP) is -4.00. The summed E-state index contributed by atoms with van der Waals surface area (Å²) < 4.78 is 38.7. The van der Waals surface area contributed by atoms with E-state index < -0.39 is 88.5 Å². The Bertz CT molecular complexity index is 1430. The van der Waals surface area contributed by atoms with Gasteiger partial charge in [0.05, 0.1) is 18.9 Å². The zero-order chi connectivity index (χ0) is 31.2. The lowest BCUT2D eigenvalue weighted by Crippen LogP contribution is -2.61. The van der Waals surface area contributed by atoms with Crippen LogP contribution in [-0.4, -0.2) is 128 Å². The first-order valence-electron chi connectivity index (χ1n) is 11.9. The highest BCUT2D eigenvalue weighted by Gasteiger charge is 2.57. The molecule has 0 radical (unpaired) electrons. The number of fused-ring (bicyclic) bond motifs is 1. The molecule has 2 aromatic heterocycles. The van der Waals surface area contributed by atoms with Gasteiger partial charge in [-0.05, 0) is 23.9 Å². The van der Waals surface area contributed by atoms with Crippen molar-refractivity contribution in [2.45, 2.75) is 60.7 Å². The number of anilines is 1. The lowest BCUT2D eigenvalue weighted by atomic mass is 9.90. The molecule has 2 fully saturated rings. The maximum absolute atomic E-state index is 12.6. The van der Waals surface area contributed by atoms with Crippen LogP contribution in [0, 0.1) is 12.3 Å². The van der Waals surface area contributed by atoms with Gasteiger partial charge in [-0.25, -0.2) is 18.4 Å². The summed E-state index contributed by atoms with van der Waals surface area (Å²) in [5.41, 5.74) is 3.97. The van der Waals surface area contributed by atoms with Crippen LogP contribution in [-0.2, 0) is 39.2 Å². The van der Waals surface area contributed by atoms with Crippen LogP contribution in [0.1, 0.15) is 11.8 Å². The van der Waals surface area contributed by atoms with Crippen LogP contribution in [0.2, 0.25) is 0 Å². The molecule has 42 heavy (non-hydrogen) atoms. The Morgan fingerprint density at radius 1 is 1.21 bits per heavy atom. The molecule has 4 heterocycles. The van der Waals surface area contributed by atoms with E-state index in [1.54, 1.807) is 0 Å². The molecule has 4 rings (SSSR count). The minimum Gasteiger partial charge on any atom is -0.394 e. The molecule has 0 bridgehead atoms. The van der Waals surface area contributed by atoms with E-state index in [1.807, 2.05) is 0 Å². The van der Waals surface area contributed by atoms with Gasteiger partial charge < -0.3 is 65.3 Å². The molecule has 7 unspecified atom stereocenters. The lowest BCUT2D eigenvalue weighted by molar-refractivity contribution is -0.292. The average Bonchev–Trinajstić information content (AvgIpc) is 3.46. The number of aliphatic hydroxyl groups is 7. The first kappa shape index (κ1) is 33.2. The molecule has 0 saturated carbocycles. The van der Waals surface area contributed by atoms with Crippen LogP contribution < -0.4 is 5.73 Å². The number of nitrogens with two attached hydrogens (primary N) is 1. The van der Waals surface area contributed by atoms with Crippen molar-refractivity contribution in [2.24, 2.45) is 0 Å². The van der Waals surface area contributed by atoms with Crippen molar-refractivity contribution < 1.29 is 72.9 Å². The van der Waals surface area contributed by atoms with Crippen LogP contribution in [0.25, 0.3) is 5.52 Å². The first-order chi connectivity index (χ1) is 19.5. The van der Waals surface area contributed by atoms with Gasteiger partial charge >= 0.3 is 14.5 Å². The molecule has 22 heteroatoms. The van der Waals surface area contributed by atoms with E-state index in [1.165, 1.54) is 16.6 Å². The standard InChI is InChI=1S/C20H28N4O15P2S/c1-2-20(31)16(30)11(36-17(20)8-3-4-9-18(21)22-7-23-24(8)9)6-35-41(34,42)39-40(32,33)38-19-14(29)12(27)13(28)15(37-19)10(26)5-25/h1,3-4,7,10-17,19,25-31H,5-6H2,(H,32,33)(H,34,42)(H2,21,22,23)/t10-,11+,12?,13?,14?,15?,16+,17-,19?,20+,41?/m0/s1. The van der Waals surface area contributed by atoms with Crippen LogP contribution >= 0.6 is 14.5 Å². The number of phosphoric ester groups is 1. The normalized spacial score (nSPS) is 37.1. The number of ether oxygens (including phenoxy) is 2. The average molecular weight is 658 g/mol. The van der Waals surface area contributed by atoms with E-state index in [2.05, 4.69) is 24.8 Å². The summed E-state index contributed by atoms with van der Waals surface area (Å²) in [4.78, 5) is 24.4. The van der Waals surface area contributed by atoms with E-state index in [0.29, 0.717) is 5.52 Å². The fourth-order valence-corrected chi connectivity index (χ4v) is 7.50. The van der Waals surface area contributed by atoms with E-state index >= 15 is 0 Å². The number of aliphatic hydroxyl groups excluding tert-OH is 6. The molecule has 2 aliphatic heterocycles. The molecular weight excluding hydrogens is 630 g/mol. The zero-order valence-electron chi connectivity index (χ0n) is 21.1. The second-order valence-corrected chi connectivity index (χ2v) is 13.7. The SMILES string of the molecule is C#C[C@@]1(O)[C@H](O)[C@@H](COP(O)(=S)OP(=O)(O)OC2OC([C@@H](O)CO)C(O)C(O)C2O)O[C@H]1c1ccc2c(N)ncnn12. The quantitative estimate of drug-likeness (QED) is 0.0859. The molecule has 0 spiro atoms. The minimum absolute atomic E-state index is 0.102. The molecule has 0 aromatic carbocycles. The molecule has 0 amide bonds. The highest BCUT2D eigenvalue weighted by molar-refractivity contribution is 8.08. The summed E-state index contributed by atoms with van der Waals surface area (Å²) in [5, 5.41) is 74.7. The molecule has 12 atom stereocenters. The van der Waals surface area contributed by atoms with E-state index in [4.69, 9.17) is 43.1 Å². The van der Waals surface area contributed by atoms with Gasteiger partial charge in [-0.2, -0.15) is 5.10 Å². The van der Waals surface area contributed by atoms with Gasteiger partial charge in [0.1, 0.15) is 60.7 Å². The molecule has 2 saturated heterocycles. The number of phosphoric acid groups is 1. The Hall–Kier alpha value is -1.70. The lowest BCUT2D eigenvalue weighted by Gasteiger charge is -2.41. The van der Waals surface area contributed by atoms with Gasteiger partial charge in [0.15, 0.2) is 17.7 Å². The molecule has 2 aliphatic rings. The molecule has 234 valence electrons. The second-order valence-electron chi connectivity index (χ2n) is 9.28. The monoisotopic (exact) mass is 658 g/mol. The molecule has 0 aliphatic carbocycles. The summed E-state index contributed by atoms with van der Waals surface area (Å²) in [7, 11) is -5.49.